The molecule has 19 heavy (non-hydrogen) atoms. The summed E-state index contributed by atoms with van der Waals surface area (Å²) in [6.07, 6.45) is 4.06. The van der Waals surface area contributed by atoms with Crippen LogP contribution in [-0.4, -0.2) is 51.9 Å². The Morgan fingerprint density at radius 2 is 2.37 bits per heavy atom. The highest BCUT2D eigenvalue weighted by Crippen LogP contribution is 2.18. The Labute approximate surface area is 120 Å². The maximum absolute atomic E-state index is 6.38. The lowest BCUT2D eigenvalue weighted by Crippen LogP contribution is -2.51. The number of hydrogen-bond donors (Lipinski definition) is 1. The van der Waals surface area contributed by atoms with Crippen molar-refractivity contribution in [2.45, 2.75) is 44.8 Å². The van der Waals surface area contributed by atoms with Crippen molar-refractivity contribution >= 4 is 11.8 Å². The van der Waals surface area contributed by atoms with Crippen molar-refractivity contribution < 1.29 is 0 Å². The van der Waals surface area contributed by atoms with Crippen molar-refractivity contribution in [1.82, 2.24) is 14.7 Å². The average molecular weight is 282 g/mol. The van der Waals surface area contributed by atoms with Gasteiger partial charge < -0.3 is 10.6 Å². The largest absolute Gasteiger partial charge is 0.326 e. The molecule has 1 aromatic heterocycles. The number of thioether (sulfide) groups is 1. The zero-order valence-corrected chi connectivity index (χ0v) is 13.1. The predicted molar refractivity (Wildman–Crippen MR) is 82.7 cm³/mol. The molecular formula is C14H26N4S. The molecule has 0 aliphatic carbocycles. The van der Waals surface area contributed by atoms with Crippen LogP contribution in [0, 0.1) is 0 Å². The lowest BCUT2D eigenvalue weighted by atomic mass is 10.0. The number of nitrogens with zero attached hydrogens (tertiary/aromatic N) is 3. The average Bonchev–Trinajstić information content (AvgIpc) is 2.86. The van der Waals surface area contributed by atoms with E-state index in [0.29, 0.717) is 12.1 Å². The second-order valence-electron chi connectivity index (χ2n) is 5.54. The SMILES string of the molecule is CCC(C)n1ccc(CC(N)C2CSCCN2C)n1. The molecule has 108 valence electrons. The summed E-state index contributed by atoms with van der Waals surface area (Å²) in [6, 6.07) is 3.24. The fourth-order valence-corrected chi connectivity index (χ4v) is 3.78. The summed E-state index contributed by atoms with van der Waals surface area (Å²) in [5.41, 5.74) is 7.51. The van der Waals surface area contributed by atoms with Gasteiger partial charge in [-0.15, -0.1) is 0 Å². The minimum atomic E-state index is 0.179. The van der Waals surface area contributed by atoms with E-state index >= 15 is 0 Å². The van der Waals surface area contributed by atoms with Crippen molar-refractivity contribution in [2.24, 2.45) is 5.73 Å². The lowest BCUT2D eigenvalue weighted by molar-refractivity contribution is 0.234. The highest BCUT2D eigenvalue weighted by Gasteiger charge is 2.26. The Balaban J connectivity index is 1.94. The quantitative estimate of drug-likeness (QED) is 0.894. The van der Waals surface area contributed by atoms with Crippen molar-refractivity contribution in [3.63, 3.8) is 0 Å². The van der Waals surface area contributed by atoms with Gasteiger partial charge in [-0.05, 0) is 26.5 Å². The Bertz CT molecular complexity index is 393. The first kappa shape index (κ1) is 14.9. The molecule has 0 saturated carbocycles. The Kier molecular flexibility index (Phi) is 5.30. The topological polar surface area (TPSA) is 47.1 Å². The maximum atomic E-state index is 6.38. The number of nitrogens with two attached hydrogens (primary N) is 1. The first-order valence-corrected chi connectivity index (χ1v) is 8.35. The van der Waals surface area contributed by atoms with E-state index < -0.39 is 0 Å². The molecule has 2 N–H and O–H groups in total. The summed E-state index contributed by atoms with van der Waals surface area (Å²) in [5.74, 6) is 2.37. The van der Waals surface area contributed by atoms with Gasteiger partial charge in [0.05, 0.1) is 5.69 Å². The van der Waals surface area contributed by atoms with Gasteiger partial charge >= 0.3 is 0 Å². The van der Waals surface area contributed by atoms with Crippen LogP contribution in [0.2, 0.25) is 0 Å². The number of hydrogen-bond acceptors (Lipinski definition) is 4. The van der Waals surface area contributed by atoms with Gasteiger partial charge in [-0.3, -0.25) is 4.68 Å². The lowest BCUT2D eigenvalue weighted by Gasteiger charge is -2.35. The van der Waals surface area contributed by atoms with E-state index in [4.69, 9.17) is 5.73 Å². The summed E-state index contributed by atoms with van der Waals surface area (Å²) in [4.78, 5) is 2.40. The third kappa shape index (κ3) is 3.74. The minimum absolute atomic E-state index is 0.179. The molecule has 4 nitrogen and oxygen atoms in total. The molecule has 1 aliphatic rings. The van der Waals surface area contributed by atoms with Crippen molar-refractivity contribution in [2.75, 3.05) is 25.1 Å². The number of likely N-dealkylation sites (N-methyl/N-ethyl adjacent to an activating group) is 1. The van der Waals surface area contributed by atoms with E-state index in [2.05, 4.69) is 47.8 Å². The monoisotopic (exact) mass is 282 g/mol. The minimum Gasteiger partial charge on any atom is -0.326 e. The Morgan fingerprint density at radius 1 is 1.58 bits per heavy atom. The van der Waals surface area contributed by atoms with Crippen LogP contribution in [0.4, 0.5) is 0 Å². The summed E-state index contributed by atoms with van der Waals surface area (Å²) in [5, 5.41) is 4.65. The van der Waals surface area contributed by atoms with Gasteiger partial charge in [0, 0.05) is 48.8 Å². The fourth-order valence-electron chi connectivity index (χ4n) is 2.45. The van der Waals surface area contributed by atoms with Gasteiger partial charge in [0.25, 0.3) is 0 Å². The molecule has 3 atom stereocenters. The van der Waals surface area contributed by atoms with Crippen molar-refractivity contribution in [3.8, 4) is 0 Å². The summed E-state index contributed by atoms with van der Waals surface area (Å²) in [7, 11) is 2.18. The van der Waals surface area contributed by atoms with Crippen LogP contribution in [0.3, 0.4) is 0 Å². The zero-order valence-electron chi connectivity index (χ0n) is 12.2. The molecular weight excluding hydrogens is 256 g/mol. The molecule has 3 unspecified atom stereocenters. The molecule has 0 bridgehead atoms. The van der Waals surface area contributed by atoms with E-state index in [1.807, 2.05) is 11.8 Å². The van der Waals surface area contributed by atoms with Crippen LogP contribution in [0.25, 0.3) is 0 Å². The van der Waals surface area contributed by atoms with Gasteiger partial charge in [-0.25, -0.2) is 0 Å². The second kappa shape index (κ2) is 6.77. The van der Waals surface area contributed by atoms with Crippen LogP contribution in [0.1, 0.15) is 32.0 Å². The molecule has 1 aromatic rings. The van der Waals surface area contributed by atoms with Gasteiger partial charge in [-0.2, -0.15) is 16.9 Å². The zero-order chi connectivity index (χ0) is 13.8. The highest BCUT2D eigenvalue weighted by atomic mass is 32.2. The molecule has 5 heteroatoms. The predicted octanol–water partition coefficient (Wildman–Crippen LogP) is 1.77. The van der Waals surface area contributed by atoms with Gasteiger partial charge in [0.15, 0.2) is 0 Å². The molecule has 1 aliphatic heterocycles. The van der Waals surface area contributed by atoms with E-state index in [1.54, 1.807) is 0 Å². The van der Waals surface area contributed by atoms with Gasteiger partial charge in [0.2, 0.25) is 0 Å². The molecule has 2 rings (SSSR count). The van der Waals surface area contributed by atoms with E-state index in [-0.39, 0.29) is 6.04 Å². The normalized spacial score (nSPS) is 24.3. The third-order valence-corrected chi connectivity index (χ3v) is 5.14. The van der Waals surface area contributed by atoms with Gasteiger partial charge in [-0.1, -0.05) is 6.92 Å². The second-order valence-corrected chi connectivity index (χ2v) is 6.69. The molecule has 0 aromatic carbocycles. The van der Waals surface area contributed by atoms with Crippen LogP contribution < -0.4 is 5.73 Å². The molecule has 1 saturated heterocycles. The van der Waals surface area contributed by atoms with Crippen LogP contribution in [0.5, 0.6) is 0 Å². The standard InChI is InChI=1S/C14H26N4S/c1-4-11(2)18-6-5-12(16-18)9-13(15)14-10-19-8-7-17(14)3/h5-6,11,13-14H,4,7-10,15H2,1-3H3. The summed E-state index contributed by atoms with van der Waals surface area (Å²) >= 11 is 2.01. The molecule has 0 amide bonds. The van der Waals surface area contributed by atoms with Crippen LogP contribution in [-0.2, 0) is 6.42 Å². The van der Waals surface area contributed by atoms with Crippen molar-refractivity contribution in [1.29, 1.82) is 0 Å². The fraction of sp³-hybridized carbons (Fsp3) is 0.786. The van der Waals surface area contributed by atoms with Crippen molar-refractivity contribution in [3.05, 3.63) is 18.0 Å². The summed E-state index contributed by atoms with van der Waals surface area (Å²) < 4.78 is 2.06. The Hall–Kier alpha value is -0.520. The molecule has 0 radical (unpaired) electrons. The van der Waals surface area contributed by atoms with E-state index in [1.165, 1.54) is 5.75 Å². The van der Waals surface area contributed by atoms with Crippen LogP contribution >= 0.6 is 11.8 Å². The third-order valence-electron chi connectivity index (χ3n) is 4.09. The highest BCUT2D eigenvalue weighted by molar-refractivity contribution is 7.99. The van der Waals surface area contributed by atoms with Gasteiger partial charge in [0.1, 0.15) is 0 Å². The van der Waals surface area contributed by atoms with Crippen LogP contribution in [0.15, 0.2) is 12.3 Å². The number of aromatic nitrogens is 2. The first-order valence-electron chi connectivity index (χ1n) is 7.19. The van der Waals surface area contributed by atoms with E-state index in [0.717, 1.165) is 30.8 Å². The number of rotatable bonds is 5. The van der Waals surface area contributed by atoms with E-state index in [9.17, 15) is 0 Å². The summed E-state index contributed by atoms with van der Waals surface area (Å²) in [6.45, 7) is 5.53. The Morgan fingerprint density at radius 3 is 3.05 bits per heavy atom. The maximum Gasteiger partial charge on any atom is 0.0640 e. The molecule has 1 fully saturated rings. The smallest absolute Gasteiger partial charge is 0.0640 e. The first-order chi connectivity index (χ1) is 9.11. The molecule has 2 heterocycles. The molecule has 0 spiro atoms.